The normalized spacial score (nSPS) is 10.6. The van der Waals surface area contributed by atoms with E-state index in [1.165, 1.54) is 0 Å². The van der Waals surface area contributed by atoms with Crippen LogP contribution >= 0.6 is 11.6 Å². The molecule has 1 aromatic carbocycles. The molecule has 0 saturated heterocycles. The number of halogens is 1. The molecule has 1 rings (SSSR count). The molecule has 0 N–H and O–H groups in total. The van der Waals surface area contributed by atoms with Gasteiger partial charge in [0.2, 0.25) is 5.91 Å². The zero-order valence-corrected chi connectivity index (χ0v) is 12.1. The Morgan fingerprint density at radius 1 is 1.44 bits per heavy atom. The lowest BCUT2D eigenvalue weighted by atomic mass is 9.99. The minimum absolute atomic E-state index is 0.0176. The van der Waals surface area contributed by atoms with Crippen molar-refractivity contribution in [3.8, 4) is 5.75 Å². The van der Waals surface area contributed by atoms with Crippen LogP contribution < -0.4 is 4.74 Å². The first kappa shape index (κ1) is 14.8. The van der Waals surface area contributed by atoms with Gasteiger partial charge in [0.25, 0.3) is 0 Å². The van der Waals surface area contributed by atoms with Crippen LogP contribution in [0.5, 0.6) is 5.75 Å². The van der Waals surface area contributed by atoms with Gasteiger partial charge in [0.1, 0.15) is 11.6 Å². The maximum atomic E-state index is 11.4. The van der Waals surface area contributed by atoms with Crippen LogP contribution in [0.4, 0.5) is 0 Å². The molecule has 0 spiro atoms. The average Bonchev–Trinajstić information content (AvgIpc) is 2.37. The van der Waals surface area contributed by atoms with Crippen molar-refractivity contribution in [2.75, 3.05) is 20.0 Å². The molecule has 0 aromatic heterocycles. The Bertz CT molecular complexity index is 418. The van der Waals surface area contributed by atoms with Gasteiger partial charge in [0.15, 0.2) is 0 Å². The van der Waals surface area contributed by atoms with Crippen LogP contribution in [0.25, 0.3) is 0 Å². The molecule has 0 bridgehead atoms. The van der Waals surface area contributed by atoms with E-state index in [-0.39, 0.29) is 11.8 Å². The summed E-state index contributed by atoms with van der Waals surface area (Å²) in [6, 6.07) is 6.01. The Labute approximate surface area is 114 Å². The molecule has 0 aliphatic rings. The minimum Gasteiger partial charge on any atom is -0.496 e. The molecule has 0 unspecified atom stereocenters. The molecule has 100 valence electrons. The van der Waals surface area contributed by atoms with E-state index in [0.29, 0.717) is 12.5 Å². The number of carbonyl (C=O) groups excluding carboxylic acids is 1. The third kappa shape index (κ3) is 3.64. The zero-order valence-electron chi connectivity index (χ0n) is 11.4. The van der Waals surface area contributed by atoms with E-state index in [0.717, 1.165) is 16.9 Å². The first-order chi connectivity index (χ1) is 8.49. The smallest absolute Gasteiger partial charge is 0.237 e. The average molecular weight is 270 g/mol. The monoisotopic (exact) mass is 269 g/mol. The maximum absolute atomic E-state index is 11.4. The van der Waals surface area contributed by atoms with Gasteiger partial charge < -0.3 is 9.64 Å². The molecule has 0 aliphatic carbocycles. The van der Waals surface area contributed by atoms with Crippen LogP contribution in [-0.4, -0.2) is 30.8 Å². The third-order valence-electron chi connectivity index (χ3n) is 2.88. The highest BCUT2D eigenvalue weighted by atomic mass is 35.5. The minimum atomic E-state index is -0.0708. The van der Waals surface area contributed by atoms with Crippen LogP contribution in [0.2, 0.25) is 0 Å². The van der Waals surface area contributed by atoms with Crippen molar-refractivity contribution in [2.24, 2.45) is 0 Å². The van der Waals surface area contributed by atoms with Crippen molar-refractivity contribution in [2.45, 2.75) is 26.3 Å². The number of ether oxygens (including phenoxy) is 1. The lowest BCUT2D eigenvalue weighted by molar-refractivity contribution is -0.127. The number of methoxy groups -OCH3 is 1. The van der Waals surface area contributed by atoms with E-state index in [2.05, 4.69) is 19.9 Å². The molecule has 4 heteroatoms. The Morgan fingerprint density at radius 2 is 2.11 bits per heavy atom. The van der Waals surface area contributed by atoms with E-state index in [9.17, 15) is 4.79 Å². The Morgan fingerprint density at radius 3 is 2.61 bits per heavy atom. The molecule has 0 heterocycles. The Hall–Kier alpha value is -1.22. The lowest BCUT2D eigenvalue weighted by Crippen LogP contribution is -2.27. The van der Waals surface area contributed by atoms with Crippen molar-refractivity contribution in [1.29, 1.82) is 0 Å². The number of benzene rings is 1. The van der Waals surface area contributed by atoms with Gasteiger partial charge in [-0.15, -0.1) is 11.6 Å². The summed E-state index contributed by atoms with van der Waals surface area (Å²) in [5.41, 5.74) is 2.24. The molecular weight excluding hydrogens is 250 g/mol. The predicted molar refractivity (Wildman–Crippen MR) is 74.3 cm³/mol. The highest BCUT2D eigenvalue weighted by molar-refractivity contribution is 6.27. The molecule has 0 saturated carbocycles. The van der Waals surface area contributed by atoms with E-state index in [1.54, 1.807) is 19.1 Å². The first-order valence-electron chi connectivity index (χ1n) is 5.96. The van der Waals surface area contributed by atoms with Gasteiger partial charge in [-0.25, -0.2) is 0 Å². The number of alkyl halides is 1. The van der Waals surface area contributed by atoms with Crippen molar-refractivity contribution >= 4 is 17.5 Å². The second-order valence-electron chi connectivity index (χ2n) is 4.61. The number of hydrogen-bond acceptors (Lipinski definition) is 2. The van der Waals surface area contributed by atoms with Gasteiger partial charge >= 0.3 is 0 Å². The summed E-state index contributed by atoms with van der Waals surface area (Å²) in [6.45, 7) is 4.81. The fourth-order valence-electron chi connectivity index (χ4n) is 1.80. The number of nitrogens with zero attached hydrogens (tertiary/aromatic N) is 1. The molecule has 1 amide bonds. The molecule has 1 aromatic rings. The Balaban J connectivity index is 2.91. The molecular formula is C14H20ClNO2. The summed E-state index contributed by atoms with van der Waals surface area (Å²) in [5, 5.41) is 0. The van der Waals surface area contributed by atoms with E-state index in [1.807, 2.05) is 12.1 Å². The topological polar surface area (TPSA) is 29.5 Å². The summed E-state index contributed by atoms with van der Waals surface area (Å²) in [7, 11) is 3.42. The molecule has 0 atom stereocenters. The fraction of sp³-hybridized carbons (Fsp3) is 0.500. The SMILES string of the molecule is COc1ccc(CN(C)C(=O)CCl)cc1C(C)C. The van der Waals surface area contributed by atoms with E-state index >= 15 is 0 Å². The molecule has 0 fully saturated rings. The lowest BCUT2D eigenvalue weighted by Gasteiger charge is -2.18. The summed E-state index contributed by atoms with van der Waals surface area (Å²) in [6.07, 6.45) is 0. The second-order valence-corrected chi connectivity index (χ2v) is 4.88. The Kier molecular flexibility index (Phi) is 5.48. The van der Waals surface area contributed by atoms with Gasteiger partial charge in [-0.1, -0.05) is 26.0 Å². The van der Waals surface area contributed by atoms with Crippen molar-refractivity contribution in [3.63, 3.8) is 0 Å². The fourth-order valence-corrected chi connectivity index (χ4v) is 2.00. The van der Waals surface area contributed by atoms with Gasteiger partial charge in [-0.2, -0.15) is 0 Å². The van der Waals surface area contributed by atoms with Crippen molar-refractivity contribution < 1.29 is 9.53 Å². The molecule has 0 aliphatic heterocycles. The molecule has 0 radical (unpaired) electrons. The van der Waals surface area contributed by atoms with Gasteiger partial charge in [0.05, 0.1) is 7.11 Å². The van der Waals surface area contributed by atoms with Crippen molar-refractivity contribution in [3.05, 3.63) is 29.3 Å². The second kappa shape index (κ2) is 6.64. The zero-order chi connectivity index (χ0) is 13.7. The number of amides is 1. The highest BCUT2D eigenvalue weighted by Gasteiger charge is 2.11. The van der Waals surface area contributed by atoms with Gasteiger partial charge in [-0.05, 0) is 23.1 Å². The highest BCUT2D eigenvalue weighted by Crippen LogP contribution is 2.27. The summed E-state index contributed by atoms with van der Waals surface area (Å²) in [4.78, 5) is 13.1. The third-order valence-corrected chi connectivity index (χ3v) is 3.10. The molecule has 18 heavy (non-hydrogen) atoms. The summed E-state index contributed by atoms with van der Waals surface area (Å²) in [5.74, 6) is 1.22. The first-order valence-corrected chi connectivity index (χ1v) is 6.49. The summed E-state index contributed by atoms with van der Waals surface area (Å²) >= 11 is 5.53. The van der Waals surface area contributed by atoms with Gasteiger partial charge in [-0.3, -0.25) is 4.79 Å². The van der Waals surface area contributed by atoms with Crippen LogP contribution in [0.15, 0.2) is 18.2 Å². The van der Waals surface area contributed by atoms with Crippen LogP contribution in [0.3, 0.4) is 0 Å². The van der Waals surface area contributed by atoms with E-state index in [4.69, 9.17) is 16.3 Å². The van der Waals surface area contributed by atoms with E-state index < -0.39 is 0 Å². The number of carbonyl (C=O) groups is 1. The van der Waals surface area contributed by atoms with Crippen molar-refractivity contribution in [1.82, 2.24) is 4.90 Å². The number of rotatable bonds is 5. The number of hydrogen-bond donors (Lipinski definition) is 0. The van der Waals surface area contributed by atoms with Crippen LogP contribution in [0.1, 0.15) is 30.9 Å². The summed E-state index contributed by atoms with van der Waals surface area (Å²) < 4.78 is 5.33. The largest absolute Gasteiger partial charge is 0.496 e. The van der Waals surface area contributed by atoms with Crippen LogP contribution in [0, 0.1) is 0 Å². The standard InChI is InChI=1S/C14H20ClNO2/c1-10(2)12-7-11(5-6-13(12)18-4)9-16(3)14(17)8-15/h5-7,10H,8-9H2,1-4H3. The van der Waals surface area contributed by atoms with Gasteiger partial charge in [0, 0.05) is 13.6 Å². The van der Waals surface area contributed by atoms with Crippen LogP contribution in [-0.2, 0) is 11.3 Å². The predicted octanol–water partition coefficient (Wildman–Crippen LogP) is 3.02. The maximum Gasteiger partial charge on any atom is 0.237 e. The quantitative estimate of drug-likeness (QED) is 0.769. The molecule has 3 nitrogen and oxygen atoms in total.